The average molecular weight is 288 g/mol. The first-order valence-corrected chi connectivity index (χ1v) is 7.60. The molecule has 1 N–H and O–H groups in total. The van der Waals surface area contributed by atoms with Gasteiger partial charge >= 0.3 is 0 Å². The number of benzene rings is 1. The topological polar surface area (TPSA) is 52.9 Å². The molecule has 1 fully saturated rings. The number of amides is 1. The number of carbonyl (C=O) groups is 1. The average Bonchev–Trinajstić information content (AvgIpc) is 2.45. The standard InChI is InChI=1S/C17H21FN2O/c18-15-8-6-14(7-9-15)12-16(21)20-17(13-19)10-4-2-1-3-5-11-17/h6-9H,1-5,10-12H2,(H,20,21). The Kier molecular flexibility index (Phi) is 5.32. The van der Waals surface area contributed by atoms with E-state index in [4.69, 9.17) is 0 Å². The summed E-state index contributed by atoms with van der Waals surface area (Å²) in [6, 6.07) is 8.22. The van der Waals surface area contributed by atoms with E-state index >= 15 is 0 Å². The number of nitrogens with zero attached hydrogens (tertiary/aromatic N) is 1. The van der Waals surface area contributed by atoms with Crippen molar-refractivity contribution in [2.24, 2.45) is 0 Å². The predicted molar refractivity (Wildman–Crippen MR) is 78.9 cm³/mol. The highest BCUT2D eigenvalue weighted by Gasteiger charge is 2.31. The molecule has 3 nitrogen and oxygen atoms in total. The zero-order valence-corrected chi connectivity index (χ0v) is 12.2. The van der Waals surface area contributed by atoms with Crippen LogP contribution in [-0.2, 0) is 11.2 Å². The van der Waals surface area contributed by atoms with E-state index in [-0.39, 0.29) is 18.1 Å². The monoisotopic (exact) mass is 288 g/mol. The normalized spacial score (nSPS) is 18.1. The summed E-state index contributed by atoms with van der Waals surface area (Å²) < 4.78 is 12.9. The number of rotatable bonds is 3. The fourth-order valence-corrected chi connectivity index (χ4v) is 2.87. The lowest BCUT2D eigenvalue weighted by molar-refractivity contribution is -0.122. The van der Waals surface area contributed by atoms with Gasteiger partial charge in [0.15, 0.2) is 0 Å². The van der Waals surface area contributed by atoms with Crippen LogP contribution in [0.3, 0.4) is 0 Å². The summed E-state index contributed by atoms with van der Waals surface area (Å²) in [4.78, 5) is 12.2. The van der Waals surface area contributed by atoms with E-state index in [1.807, 2.05) is 0 Å². The van der Waals surface area contributed by atoms with Crippen LogP contribution < -0.4 is 5.32 Å². The number of hydrogen-bond acceptors (Lipinski definition) is 2. The van der Waals surface area contributed by atoms with E-state index in [9.17, 15) is 14.4 Å². The van der Waals surface area contributed by atoms with Gasteiger partial charge in [-0.1, -0.05) is 44.2 Å². The maximum atomic E-state index is 12.9. The Balaban J connectivity index is 1.98. The highest BCUT2D eigenvalue weighted by atomic mass is 19.1. The molecule has 1 saturated carbocycles. The van der Waals surface area contributed by atoms with Gasteiger partial charge in [0.05, 0.1) is 12.5 Å². The maximum absolute atomic E-state index is 12.9. The van der Waals surface area contributed by atoms with Crippen molar-refractivity contribution in [3.05, 3.63) is 35.6 Å². The summed E-state index contributed by atoms with van der Waals surface area (Å²) in [5, 5.41) is 12.4. The van der Waals surface area contributed by atoms with Crippen LogP contribution in [-0.4, -0.2) is 11.4 Å². The van der Waals surface area contributed by atoms with Crippen LogP contribution in [0.1, 0.15) is 50.5 Å². The van der Waals surface area contributed by atoms with Gasteiger partial charge in [-0.25, -0.2) is 4.39 Å². The third kappa shape index (κ3) is 4.56. The third-order valence-electron chi connectivity index (χ3n) is 4.08. The molecule has 0 aliphatic heterocycles. The molecule has 1 amide bonds. The fourth-order valence-electron chi connectivity index (χ4n) is 2.87. The van der Waals surface area contributed by atoms with Crippen molar-refractivity contribution in [1.82, 2.24) is 5.32 Å². The fraction of sp³-hybridized carbons (Fsp3) is 0.529. The van der Waals surface area contributed by atoms with Gasteiger partial charge in [-0.15, -0.1) is 0 Å². The molecule has 4 heteroatoms. The Hall–Kier alpha value is -1.89. The minimum absolute atomic E-state index is 0.163. The van der Waals surface area contributed by atoms with Gasteiger partial charge in [0, 0.05) is 0 Å². The molecule has 2 rings (SSSR count). The number of nitriles is 1. The quantitative estimate of drug-likeness (QED) is 0.925. The molecule has 1 aliphatic carbocycles. The zero-order valence-electron chi connectivity index (χ0n) is 12.2. The number of carbonyl (C=O) groups excluding carboxylic acids is 1. The molecule has 112 valence electrons. The van der Waals surface area contributed by atoms with E-state index in [0.29, 0.717) is 0 Å². The summed E-state index contributed by atoms with van der Waals surface area (Å²) in [6.45, 7) is 0. The first-order chi connectivity index (χ1) is 10.1. The van der Waals surface area contributed by atoms with E-state index in [0.717, 1.165) is 44.1 Å². The third-order valence-corrected chi connectivity index (χ3v) is 4.08. The summed E-state index contributed by atoms with van der Waals surface area (Å²) in [7, 11) is 0. The molecule has 0 unspecified atom stereocenters. The van der Waals surface area contributed by atoms with Crippen LogP contribution in [0.15, 0.2) is 24.3 Å². The smallest absolute Gasteiger partial charge is 0.225 e. The molecule has 1 aromatic carbocycles. The van der Waals surface area contributed by atoms with Gasteiger partial charge in [0.2, 0.25) is 5.91 Å². The summed E-state index contributed by atoms with van der Waals surface area (Å²) in [5.41, 5.74) is 0.0326. The first kappa shape index (κ1) is 15.5. The first-order valence-electron chi connectivity index (χ1n) is 7.60. The van der Waals surface area contributed by atoms with Crippen LogP contribution in [0, 0.1) is 17.1 Å². The number of nitrogens with one attached hydrogen (secondary N) is 1. The molecular formula is C17H21FN2O. The Morgan fingerprint density at radius 1 is 1.14 bits per heavy atom. The Morgan fingerprint density at radius 3 is 2.29 bits per heavy atom. The lowest BCUT2D eigenvalue weighted by atomic mass is 9.85. The van der Waals surface area contributed by atoms with Gasteiger partial charge in [-0.3, -0.25) is 4.79 Å². The minimum atomic E-state index is -0.725. The van der Waals surface area contributed by atoms with Gasteiger partial charge in [-0.05, 0) is 30.5 Å². The Labute approximate surface area is 125 Å². The Bertz CT molecular complexity index is 511. The van der Waals surface area contributed by atoms with Gasteiger partial charge in [-0.2, -0.15) is 5.26 Å². The number of hydrogen-bond donors (Lipinski definition) is 1. The van der Waals surface area contributed by atoms with Crippen LogP contribution in [0.25, 0.3) is 0 Å². The van der Waals surface area contributed by atoms with Crippen LogP contribution >= 0.6 is 0 Å². The van der Waals surface area contributed by atoms with E-state index in [1.54, 1.807) is 12.1 Å². The number of halogens is 1. The molecule has 0 aromatic heterocycles. The van der Waals surface area contributed by atoms with Gasteiger partial charge in [0.25, 0.3) is 0 Å². The maximum Gasteiger partial charge on any atom is 0.225 e. The van der Waals surface area contributed by atoms with Crippen LogP contribution in [0.2, 0.25) is 0 Å². The molecule has 1 aliphatic rings. The lowest BCUT2D eigenvalue weighted by Crippen LogP contribution is -2.48. The van der Waals surface area contributed by atoms with E-state index < -0.39 is 5.54 Å². The van der Waals surface area contributed by atoms with E-state index in [2.05, 4.69) is 11.4 Å². The largest absolute Gasteiger partial charge is 0.338 e. The van der Waals surface area contributed by atoms with Crippen molar-refractivity contribution in [3.63, 3.8) is 0 Å². The second-order valence-electron chi connectivity index (χ2n) is 5.81. The molecular weight excluding hydrogens is 267 g/mol. The molecule has 0 spiro atoms. The molecule has 0 radical (unpaired) electrons. The second-order valence-corrected chi connectivity index (χ2v) is 5.81. The molecule has 0 atom stereocenters. The molecule has 0 saturated heterocycles. The lowest BCUT2D eigenvalue weighted by Gasteiger charge is -2.29. The molecule has 0 heterocycles. The van der Waals surface area contributed by atoms with Crippen LogP contribution in [0.4, 0.5) is 4.39 Å². The molecule has 1 aromatic rings. The minimum Gasteiger partial charge on any atom is -0.338 e. The second kappa shape index (κ2) is 7.21. The van der Waals surface area contributed by atoms with Crippen LogP contribution in [0.5, 0.6) is 0 Å². The van der Waals surface area contributed by atoms with Crippen molar-refractivity contribution in [2.75, 3.05) is 0 Å². The summed E-state index contributed by atoms with van der Waals surface area (Å²) >= 11 is 0. The SMILES string of the molecule is N#CC1(NC(=O)Cc2ccc(F)cc2)CCCCCCC1. The molecule has 0 bridgehead atoms. The summed E-state index contributed by atoms with van der Waals surface area (Å²) in [6.07, 6.45) is 7.04. The molecule has 21 heavy (non-hydrogen) atoms. The van der Waals surface area contributed by atoms with Crippen molar-refractivity contribution in [2.45, 2.75) is 56.9 Å². The van der Waals surface area contributed by atoms with E-state index in [1.165, 1.54) is 18.6 Å². The van der Waals surface area contributed by atoms with Gasteiger partial charge in [0.1, 0.15) is 11.4 Å². The van der Waals surface area contributed by atoms with Crippen molar-refractivity contribution in [1.29, 1.82) is 5.26 Å². The van der Waals surface area contributed by atoms with Gasteiger partial charge < -0.3 is 5.32 Å². The predicted octanol–water partition coefficient (Wildman–Crippen LogP) is 3.49. The highest BCUT2D eigenvalue weighted by molar-refractivity contribution is 5.79. The van der Waals surface area contributed by atoms with Crippen molar-refractivity contribution >= 4 is 5.91 Å². The van der Waals surface area contributed by atoms with Crippen molar-refractivity contribution in [3.8, 4) is 6.07 Å². The highest BCUT2D eigenvalue weighted by Crippen LogP contribution is 2.26. The summed E-state index contributed by atoms with van der Waals surface area (Å²) in [5.74, 6) is -0.476. The Morgan fingerprint density at radius 2 is 1.71 bits per heavy atom. The zero-order chi connectivity index (χ0) is 15.1. The van der Waals surface area contributed by atoms with Crippen molar-refractivity contribution < 1.29 is 9.18 Å².